The fraction of sp³-hybridized carbons (Fsp3) is 0.444. The fourth-order valence-corrected chi connectivity index (χ4v) is 3.88. The molecule has 0 saturated carbocycles. The van der Waals surface area contributed by atoms with Gasteiger partial charge in [-0.25, -0.2) is 4.79 Å². The molecule has 0 heterocycles. The van der Waals surface area contributed by atoms with Crippen molar-refractivity contribution in [3.05, 3.63) is 70.8 Å². The highest BCUT2D eigenvalue weighted by Crippen LogP contribution is 2.28. The summed E-state index contributed by atoms with van der Waals surface area (Å²) in [5.41, 5.74) is 2.25. The first-order valence-corrected chi connectivity index (χ1v) is 11.9. The number of ether oxygens (including phenoxy) is 1. The molecular weight excluding hydrogens is 462 g/mol. The van der Waals surface area contributed by atoms with E-state index in [0.29, 0.717) is 5.56 Å². The predicted octanol–water partition coefficient (Wildman–Crippen LogP) is 2.37. The van der Waals surface area contributed by atoms with Crippen LogP contribution in [0.4, 0.5) is 4.79 Å². The zero-order chi connectivity index (χ0) is 26.9. The molecule has 3 amide bonds. The first-order chi connectivity index (χ1) is 17.0. The van der Waals surface area contributed by atoms with Gasteiger partial charge in [0, 0.05) is 13.1 Å². The minimum Gasteiger partial charge on any atom is -0.444 e. The summed E-state index contributed by atoms with van der Waals surface area (Å²) in [6.45, 7) is 7.60. The lowest BCUT2D eigenvalue weighted by Crippen LogP contribution is -2.55. The van der Waals surface area contributed by atoms with Gasteiger partial charge in [0.15, 0.2) is 0 Å². The minimum absolute atomic E-state index is 0.192. The molecule has 0 aliphatic rings. The molecule has 2 unspecified atom stereocenters. The van der Waals surface area contributed by atoms with Crippen LogP contribution < -0.4 is 10.6 Å². The monoisotopic (exact) mass is 499 g/mol. The highest BCUT2D eigenvalue weighted by molar-refractivity contribution is 5.92. The fourth-order valence-electron chi connectivity index (χ4n) is 3.88. The van der Waals surface area contributed by atoms with Gasteiger partial charge in [0.1, 0.15) is 17.7 Å². The second kappa shape index (κ2) is 13.0. The standard InChI is InChI=1S/C27H37N3O6/c1-18-10-9-11-19(2)22(18)23(24(33)28-16-20-12-7-6-8-13-20)30(14-15-31)25(34)21(17-32)29-26(35)36-27(3,4)5/h6-13,21,23,31-32H,14-17H2,1-5H3,(H,28,33)(H,29,35). The van der Waals surface area contributed by atoms with Gasteiger partial charge in [0.05, 0.1) is 13.2 Å². The van der Waals surface area contributed by atoms with Gasteiger partial charge in [-0.05, 0) is 56.9 Å². The Bertz CT molecular complexity index is 1020. The number of hydrogen-bond donors (Lipinski definition) is 4. The lowest BCUT2D eigenvalue weighted by atomic mass is 9.93. The molecule has 0 aromatic heterocycles. The van der Waals surface area contributed by atoms with Gasteiger partial charge < -0.3 is 30.5 Å². The van der Waals surface area contributed by atoms with Crippen LogP contribution in [0.25, 0.3) is 0 Å². The molecule has 0 aliphatic heterocycles. The van der Waals surface area contributed by atoms with Gasteiger partial charge in [-0.1, -0.05) is 48.5 Å². The Morgan fingerprint density at radius 1 is 0.972 bits per heavy atom. The lowest BCUT2D eigenvalue weighted by molar-refractivity contribution is -0.143. The molecule has 2 aromatic carbocycles. The number of rotatable bonds is 10. The Morgan fingerprint density at radius 3 is 2.11 bits per heavy atom. The number of nitrogens with zero attached hydrogens (tertiary/aromatic N) is 1. The number of carbonyl (C=O) groups is 3. The third kappa shape index (κ3) is 8.07. The third-order valence-corrected chi connectivity index (χ3v) is 5.48. The summed E-state index contributed by atoms with van der Waals surface area (Å²) in [5, 5.41) is 25.0. The molecule has 0 radical (unpaired) electrons. The van der Waals surface area contributed by atoms with E-state index in [9.17, 15) is 24.6 Å². The van der Waals surface area contributed by atoms with Crippen LogP contribution in [0.3, 0.4) is 0 Å². The molecule has 4 N–H and O–H groups in total. The van der Waals surface area contributed by atoms with Gasteiger partial charge >= 0.3 is 6.09 Å². The molecule has 196 valence electrons. The van der Waals surface area contributed by atoms with Crippen molar-refractivity contribution < 1.29 is 29.3 Å². The van der Waals surface area contributed by atoms with E-state index in [-0.39, 0.29) is 13.1 Å². The normalized spacial score (nSPS) is 12.9. The van der Waals surface area contributed by atoms with Crippen LogP contribution >= 0.6 is 0 Å². The molecule has 2 aromatic rings. The van der Waals surface area contributed by atoms with Crippen molar-refractivity contribution in [3.8, 4) is 0 Å². The van der Waals surface area contributed by atoms with Crippen molar-refractivity contribution >= 4 is 17.9 Å². The molecule has 9 nitrogen and oxygen atoms in total. The molecule has 9 heteroatoms. The van der Waals surface area contributed by atoms with E-state index < -0.39 is 48.8 Å². The number of hydrogen-bond acceptors (Lipinski definition) is 6. The second-order valence-electron chi connectivity index (χ2n) is 9.55. The summed E-state index contributed by atoms with van der Waals surface area (Å²) in [7, 11) is 0. The summed E-state index contributed by atoms with van der Waals surface area (Å²) < 4.78 is 5.22. The Morgan fingerprint density at radius 2 is 1.58 bits per heavy atom. The van der Waals surface area contributed by atoms with Crippen LogP contribution in [0.15, 0.2) is 48.5 Å². The Hall–Kier alpha value is -3.43. The number of amides is 3. The van der Waals surface area contributed by atoms with E-state index in [1.54, 1.807) is 20.8 Å². The van der Waals surface area contributed by atoms with E-state index in [1.165, 1.54) is 4.90 Å². The zero-order valence-electron chi connectivity index (χ0n) is 21.6. The van der Waals surface area contributed by atoms with Crippen LogP contribution in [0.5, 0.6) is 0 Å². The largest absolute Gasteiger partial charge is 0.444 e. The van der Waals surface area contributed by atoms with Gasteiger partial charge in [0.25, 0.3) is 0 Å². The average molecular weight is 500 g/mol. The molecule has 0 bridgehead atoms. The predicted molar refractivity (Wildman–Crippen MR) is 136 cm³/mol. The van der Waals surface area contributed by atoms with Gasteiger partial charge in [-0.3, -0.25) is 9.59 Å². The van der Waals surface area contributed by atoms with Crippen molar-refractivity contribution in [2.45, 2.75) is 58.8 Å². The van der Waals surface area contributed by atoms with Crippen LogP contribution in [-0.4, -0.2) is 64.4 Å². The van der Waals surface area contributed by atoms with Crippen molar-refractivity contribution in [2.75, 3.05) is 19.8 Å². The molecule has 36 heavy (non-hydrogen) atoms. The van der Waals surface area contributed by atoms with E-state index in [0.717, 1.165) is 16.7 Å². The van der Waals surface area contributed by atoms with E-state index in [2.05, 4.69) is 10.6 Å². The number of nitrogens with one attached hydrogen (secondary N) is 2. The number of carbonyl (C=O) groups excluding carboxylic acids is 3. The van der Waals surface area contributed by atoms with Gasteiger partial charge in [-0.2, -0.15) is 0 Å². The minimum atomic E-state index is -1.37. The molecule has 2 atom stereocenters. The maximum Gasteiger partial charge on any atom is 0.408 e. The van der Waals surface area contributed by atoms with Gasteiger partial charge in [0.2, 0.25) is 11.8 Å². The highest BCUT2D eigenvalue weighted by atomic mass is 16.6. The number of aliphatic hydroxyl groups excluding tert-OH is 2. The Labute approximate surface area is 212 Å². The maximum atomic E-state index is 13.6. The average Bonchev–Trinajstić information content (AvgIpc) is 2.81. The quantitative estimate of drug-likeness (QED) is 0.397. The summed E-state index contributed by atoms with van der Waals surface area (Å²) >= 11 is 0. The van der Waals surface area contributed by atoms with Crippen molar-refractivity contribution in [1.82, 2.24) is 15.5 Å². The Kier molecular flexibility index (Phi) is 10.4. The number of benzene rings is 2. The summed E-state index contributed by atoms with van der Waals surface area (Å²) in [4.78, 5) is 40.7. The van der Waals surface area contributed by atoms with Crippen LogP contribution in [0.2, 0.25) is 0 Å². The van der Waals surface area contributed by atoms with E-state index in [1.807, 2.05) is 62.4 Å². The molecule has 0 aliphatic carbocycles. The molecule has 0 saturated heterocycles. The third-order valence-electron chi connectivity index (χ3n) is 5.48. The molecule has 0 spiro atoms. The number of aliphatic hydroxyl groups is 2. The summed E-state index contributed by atoms with van der Waals surface area (Å²) in [6, 6.07) is 12.4. The molecular formula is C27H37N3O6. The summed E-state index contributed by atoms with van der Waals surface area (Å²) in [5.74, 6) is -1.17. The highest BCUT2D eigenvalue weighted by Gasteiger charge is 2.37. The van der Waals surface area contributed by atoms with Gasteiger partial charge in [-0.15, -0.1) is 0 Å². The summed E-state index contributed by atoms with van der Waals surface area (Å²) in [6.07, 6.45) is -0.879. The smallest absolute Gasteiger partial charge is 0.408 e. The van der Waals surface area contributed by atoms with Crippen LogP contribution in [-0.2, 0) is 20.9 Å². The number of aryl methyl sites for hydroxylation is 2. The molecule has 2 rings (SSSR count). The van der Waals surface area contributed by atoms with Crippen molar-refractivity contribution in [2.24, 2.45) is 0 Å². The zero-order valence-corrected chi connectivity index (χ0v) is 21.6. The maximum absolute atomic E-state index is 13.6. The first-order valence-electron chi connectivity index (χ1n) is 11.9. The lowest BCUT2D eigenvalue weighted by Gasteiger charge is -2.35. The van der Waals surface area contributed by atoms with E-state index in [4.69, 9.17) is 4.74 Å². The van der Waals surface area contributed by atoms with Crippen LogP contribution in [0.1, 0.15) is 49.1 Å². The van der Waals surface area contributed by atoms with Crippen molar-refractivity contribution in [3.63, 3.8) is 0 Å². The van der Waals surface area contributed by atoms with E-state index >= 15 is 0 Å². The van der Waals surface area contributed by atoms with Crippen LogP contribution in [0, 0.1) is 13.8 Å². The van der Waals surface area contributed by atoms with Crippen molar-refractivity contribution in [1.29, 1.82) is 0 Å². The Balaban J connectivity index is 2.43. The number of alkyl carbamates (subject to hydrolysis) is 1. The first kappa shape index (κ1) is 28.8. The second-order valence-corrected chi connectivity index (χ2v) is 9.55. The molecule has 0 fully saturated rings. The topological polar surface area (TPSA) is 128 Å². The SMILES string of the molecule is Cc1cccc(C)c1C(C(=O)NCc1ccccc1)N(CCO)C(=O)C(CO)NC(=O)OC(C)(C)C.